The van der Waals surface area contributed by atoms with Gasteiger partial charge < -0.3 is 0 Å². The predicted molar refractivity (Wildman–Crippen MR) is 73.9 cm³/mol. The molecular formula is C12H10BrFN2O2S. The van der Waals surface area contributed by atoms with Crippen LogP contribution in [-0.4, -0.2) is 13.4 Å². The van der Waals surface area contributed by atoms with Crippen LogP contribution in [-0.2, 0) is 10.0 Å². The molecule has 0 amide bonds. The summed E-state index contributed by atoms with van der Waals surface area (Å²) in [6.45, 7) is 1.88. The van der Waals surface area contributed by atoms with E-state index in [2.05, 4.69) is 25.6 Å². The number of aryl methyl sites for hydroxylation is 1. The molecule has 0 saturated heterocycles. The summed E-state index contributed by atoms with van der Waals surface area (Å²) in [7, 11) is -4.03. The Labute approximate surface area is 118 Å². The largest absolute Gasteiger partial charge is 0.282 e. The van der Waals surface area contributed by atoms with Gasteiger partial charge in [0.25, 0.3) is 10.0 Å². The van der Waals surface area contributed by atoms with E-state index in [4.69, 9.17) is 0 Å². The first kappa shape index (κ1) is 14.0. The molecule has 7 heteroatoms. The summed E-state index contributed by atoms with van der Waals surface area (Å²) in [6, 6.07) is 7.33. The molecule has 0 aliphatic rings. The monoisotopic (exact) mass is 344 g/mol. The van der Waals surface area contributed by atoms with Gasteiger partial charge in [-0.3, -0.25) is 4.72 Å². The van der Waals surface area contributed by atoms with Gasteiger partial charge in [-0.1, -0.05) is 22.0 Å². The molecule has 2 aromatic rings. The standard InChI is InChI=1S/C12H10BrFN2O2S/c1-8-4-5-9(7-10(8)13)16-19(17,18)12-11(14)3-2-6-15-12/h2-7,16H,1H3. The van der Waals surface area contributed by atoms with E-state index in [1.807, 2.05) is 6.92 Å². The van der Waals surface area contributed by atoms with Gasteiger partial charge in [0, 0.05) is 10.7 Å². The van der Waals surface area contributed by atoms with Crippen LogP contribution < -0.4 is 4.72 Å². The van der Waals surface area contributed by atoms with Crippen LogP contribution in [0.15, 0.2) is 46.0 Å². The molecule has 1 aromatic heterocycles. The van der Waals surface area contributed by atoms with Gasteiger partial charge in [-0.2, -0.15) is 8.42 Å². The second-order valence-corrected chi connectivity index (χ2v) is 6.31. The van der Waals surface area contributed by atoms with Gasteiger partial charge >= 0.3 is 0 Å². The van der Waals surface area contributed by atoms with Crippen LogP contribution >= 0.6 is 15.9 Å². The Morgan fingerprint density at radius 3 is 2.68 bits per heavy atom. The maximum absolute atomic E-state index is 13.4. The average Bonchev–Trinajstić information content (AvgIpc) is 2.34. The van der Waals surface area contributed by atoms with Crippen molar-refractivity contribution in [2.24, 2.45) is 0 Å². The van der Waals surface area contributed by atoms with E-state index in [9.17, 15) is 12.8 Å². The number of hydrogen-bond donors (Lipinski definition) is 1. The Morgan fingerprint density at radius 2 is 2.05 bits per heavy atom. The second-order valence-electron chi connectivity index (χ2n) is 3.86. The molecule has 2 rings (SSSR count). The third-order valence-corrected chi connectivity index (χ3v) is 4.57. The minimum atomic E-state index is -4.03. The summed E-state index contributed by atoms with van der Waals surface area (Å²) >= 11 is 3.30. The van der Waals surface area contributed by atoms with Crippen LogP contribution in [0.2, 0.25) is 0 Å². The van der Waals surface area contributed by atoms with Crippen molar-refractivity contribution in [3.05, 3.63) is 52.4 Å². The minimum absolute atomic E-state index is 0.336. The van der Waals surface area contributed by atoms with Crippen molar-refractivity contribution in [3.8, 4) is 0 Å². The van der Waals surface area contributed by atoms with E-state index in [0.29, 0.717) is 5.69 Å². The zero-order chi connectivity index (χ0) is 14.0. The van der Waals surface area contributed by atoms with Crippen LogP contribution in [0.4, 0.5) is 10.1 Å². The Morgan fingerprint density at radius 1 is 1.32 bits per heavy atom. The van der Waals surface area contributed by atoms with Crippen molar-refractivity contribution < 1.29 is 12.8 Å². The van der Waals surface area contributed by atoms with E-state index in [1.165, 1.54) is 12.3 Å². The summed E-state index contributed by atoms with van der Waals surface area (Å²) in [5.74, 6) is -0.888. The Hall–Kier alpha value is -1.47. The first-order valence-electron chi connectivity index (χ1n) is 5.29. The summed E-state index contributed by atoms with van der Waals surface area (Å²) in [5.41, 5.74) is 1.30. The molecule has 19 heavy (non-hydrogen) atoms. The number of aromatic nitrogens is 1. The number of nitrogens with one attached hydrogen (secondary N) is 1. The molecule has 0 aliphatic carbocycles. The highest BCUT2D eigenvalue weighted by molar-refractivity contribution is 9.10. The topological polar surface area (TPSA) is 59.1 Å². The molecule has 100 valence electrons. The highest BCUT2D eigenvalue weighted by Crippen LogP contribution is 2.23. The van der Waals surface area contributed by atoms with E-state index >= 15 is 0 Å². The molecule has 0 atom stereocenters. The zero-order valence-corrected chi connectivity index (χ0v) is 12.3. The summed E-state index contributed by atoms with van der Waals surface area (Å²) in [5, 5.41) is -0.619. The lowest BCUT2D eigenvalue weighted by molar-refractivity contribution is 0.557. The summed E-state index contributed by atoms with van der Waals surface area (Å²) < 4.78 is 40.5. The normalized spacial score (nSPS) is 11.3. The highest BCUT2D eigenvalue weighted by atomic mass is 79.9. The van der Waals surface area contributed by atoms with Crippen LogP contribution in [0, 0.1) is 12.7 Å². The number of anilines is 1. The number of rotatable bonds is 3. The van der Waals surface area contributed by atoms with Crippen molar-refractivity contribution in [3.63, 3.8) is 0 Å². The van der Waals surface area contributed by atoms with Crippen molar-refractivity contribution in [2.75, 3.05) is 4.72 Å². The zero-order valence-electron chi connectivity index (χ0n) is 9.89. The number of sulfonamides is 1. The van der Waals surface area contributed by atoms with Gasteiger partial charge in [-0.25, -0.2) is 9.37 Å². The van der Waals surface area contributed by atoms with E-state index in [-0.39, 0.29) is 0 Å². The Bertz CT molecular complexity index is 719. The van der Waals surface area contributed by atoms with Crippen LogP contribution in [0.3, 0.4) is 0 Å². The molecule has 0 spiro atoms. The fourth-order valence-electron chi connectivity index (χ4n) is 1.43. The lowest BCUT2D eigenvalue weighted by Gasteiger charge is -2.09. The van der Waals surface area contributed by atoms with Crippen LogP contribution in [0.1, 0.15) is 5.56 Å². The smallest absolute Gasteiger partial charge is 0.278 e. The van der Waals surface area contributed by atoms with Crippen molar-refractivity contribution in [2.45, 2.75) is 11.9 Å². The SMILES string of the molecule is Cc1ccc(NS(=O)(=O)c2ncccc2F)cc1Br. The Balaban J connectivity index is 2.37. The van der Waals surface area contributed by atoms with Gasteiger partial charge in [0.2, 0.25) is 5.03 Å². The molecule has 0 unspecified atom stereocenters. The maximum atomic E-state index is 13.4. The third-order valence-electron chi connectivity index (χ3n) is 2.40. The molecule has 0 fully saturated rings. The lowest BCUT2D eigenvalue weighted by atomic mass is 10.2. The minimum Gasteiger partial charge on any atom is -0.278 e. The van der Waals surface area contributed by atoms with Crippen molar-refractivity contribution in [1.29, 1.82) is 0 Å². The summed E-state index contributed by atoms with van der Waals surface area (Å²) in [4.78, 5) is 3.55. The summed E-state index contributed by atoms with van der Waals surface area (Å²) in [6.07, 6.45) is 1.22. The Kier molecular flexibility index (Phi) is 3.86. The highest BCUT2D eigenvalue weighted by Gasteiger charge is 2.20. The van der Waals surface area contributed by atoms with Gasteiger partial charge in [-0.05, 0) is 36.8 Å². The first-order chi connectivity index (χ1) is 8.90. The van der Waals surface area contributed by atoms with Crippen LogP contribution in [0.5, 0.6) is 0 Å². The third kappa shape index (κ3) is 3.10. The van der Waals surface area contributed by atoms with Gasteiger partial charge in [0.15, 0.2) is 5.82 Å². The molecule has 0 saturated carbocycles. The maximum Gasteiger partial charge on any atom is 0.282 e. The lowest BCUT2D eigenvalue weighted by Crippen LogP contribution is -2.16. The molecule has 0 radical (unpaired) electrons. The van der Waals surface area contributed by atoms with E-state index < -0.39 is 20.9 Å². The molecule has 0 aliphatic heterocycles. The first-order valence-corrected chi connectivity index (χ1v) is 7.57. The van der Waals surface area contributed by atoms with Gasteiger partial charge in [0.1, 0.15) is 0 Å². The number of pyridine rings is 1. The molecular weight excluding hydrogens is 335 g/mol. The number of nitrogens with zero attached hydrogens (tertiary/aromatic N) is 1. The van der Waals surface area contributed by atoms with Gasteiger partial charge in [0.05, 0.1) is 5.69 Å². The van der Waals surface area contributed by atoms with Crippen LogP contribution in [0.25, 0.3) is 0 Å². The molecule has 0 bridgehead atoms. The number of benzene rings is 1. The molecule has 1 heterocycles. The molecule has 1 aromatic carbocycles. The number of hydrogen-bond acceptors (Lipinski definition) is 3. The van der Waals surface area contributed by atoms with Crippen molar-refractivity contribution >= 4 is 31.6 Å². The van der Waals surface area contributed by atoms with E-state index in [1.54, 1.807) is 18.2 Å². The van der Waals surface area contributed by atoms with E-state index in [0.717, 1.165) is 16.1 Å². The predicted octanol–water partition coefficient (Wildman–Crippen LogP) is 3.09. The molecule has 1 N–H and O–H groups in total. The molecule has 4 nitrogen and oxygen atoms in total. The fraction of sp³-hybridized carbons (Fsp3) is 0.0833. The quantitative estimate of drug-likeness (QED) is 0.930. The average molecular weight is 345 g/mol. The second kappa shape index (κ2) is 5.26. The van der Waals surface area contributed by atoms with Crippen molar-refractivity contribution in [1.82, 2.24) is 4.98 Å². The van der Waals surface area contributed by atoms with Gasteiger partial charge in [-0.15, -0.1) is 0 Å². The number of halogens is 2. The fourth-order valence-corrected chi connectivity index (χ4v) is 2.87.